The molecular formula is C15H21N5O. The van der Waals surface area contributed by atoms with Gasteiger partial charge in [-0.05, 0) is 38.4 Å². The number of aromatic amines is 1. The standard InChI is InChI=1S/C15H21N5O/c1-10-3-4-11(9-13(10)21)14-17-15(19-18-14)20-7-5-12(16-2)6-8-20/h3-4,9,12,16,21H,5-8H2,1-2H3,(H,17,18,19). The van der Waals surface area contributed by atoms with Gasteiger partial charge in [0.05, 0.1) is 0 Å². The van der Waals surface area contributed by atoms with Crippen molar-refractivity contribution in [3.63, 3.8) is 0 Å². The molecule has 1 saturated heterocycles. The molecule has 6 nitrogen and oxygen atoms in total. The molecule has 0 spiro atoms. The quantitative estimate of drug-likeness (QED) is 0.800. The summed E-state index contributed by atoms with van der Waals surface area (Å²) in [5, 5.41) is 20.4. The Morgan fingerprint density at radius 1 is 1.33 bits per heavy atom. The summed E-state index contributed by atoms with van der Waals surface area (Å²) in [6.07, 6.45) is 2.21. The predicted molar refractivity (Wildman–Crippen MR) is 82.5 cm³/mol. The lowest BCUT2D eigenvalue weighted by atomic mass is 10.1. The number of nitrogens with one attached hydrogen (secondary N) is 2. The number of benzene rings is 1. The van der Waals surface area contributed by atoms with Crippen molar-refractivity contribution >= 4 is 5.95 Å². The van der Waals surface area contributed by atoms with E-state index in [1.807, 2.05) is 26.1 Å². The smallest absolute Gasteiger partial charge is 0.245 e. The fourth-order valence-electron chi connectivity index (χ4n) is 2.65. The third-order valence-corrected chi connectivity index (χ3v) is 4.14. The molecule has 0 amide bonds. The van der Waals surface area contributed by atoms with Crippen LogP contribution in [0.4, 0.5) is 5.95 Å². The van der Waals surface area contributed by atoms with Crippen LogP contribution in [0.5, 0.6) is 5.75 Å². The Bertz CT molecular complexity index is 616. The first-order valence-corrected chi connectivity index (χ1v) is 7.32. The summed E-state index contributed by atoms with van der Waals surface area (Å²) in [6.45, 7) is 3.79. The number of H-pyrrole nitrogens is 1. The van der Waals surface area contributed by atoms with Crippen molar-refractivity contribution in [2.45, 2.75) is 25.8 Å². The topological polar surface area (TPSA) is 77.1 Å². The van der Waals surface area contributed by atoms with Crippen molar-refractivity contribution in [1.29, 1.82) is 0 Å². The van der Waals surface area contributed by atoms with E-state index < -0.39 is 0 Å². The van der Waals surface area contributed by atoms with Gasteiger partial charge in [-0.15, -0.1) is 5.10 Å². The Labute approximate surface area is 124 Å². The van der Waals surface area contributed by atoms with Gasteiger partial charge < -0.3 is 15.3 Å². The van der Waals surface area contributed by atoms with Crippen molar-refractivity contribution in [3.8, 4) is 17.1 Å². The average Bonchev–Trinajstić information content (AvgIpc) is 3.00. The second kappa shape index (κ2) is 5.73. The zero-order valence-electron chi connectivity index (χ0n) is 12.4. The summed E-state index contributed by atoms with van der Waals surface area (Å²) in [6, 6.07) is 6.12. The minimum absolute atomic E-state index is 0.278. The number of aryl methyl sites for hydroxylation is 1. The highest BCUT2D eigenvalue weighted by Gasteiger charge is 2.21. The van der Waals surface area contributed by atoms with Gasteiger partial charge in [0.25, 0.3) is 0 Å². The molecule has 0 bridgehead atoms. The van der Waals surface area contributed by atoms with E-state index in [9.17, 15) is 5.11 Å². The number of anilines is 1. The molecule has 1 aliphatic rings. The van der Waals surface area contributed by atoms with E-state index >= 15 is 0 Å². The Balaban J connectivity index is 1.76. The molecule has 21 heavy (non-hydrogen) atoms. The number of phenols is 1. The molecule has 0 atom stereocenters. The van der Waals surface area contributed by atoms with Gasteiger partial charge in [0.1, 0.15) is 5.75 Å². The summed E-state index contributed by atoms with van der Waals surface area (Å²) in [7, 11) is 2.01. The third-order valence-electron chi connectivity index (χ3n) is 4.14. The van der Waals surface area contributed by atoms with Crippen molar-refractivity contribution in [2.24, 2.45) is 0 Å². The Morgan fingerprint density at radius 3 is 2.76 bits per heavy atom. The van der Waals surface area contributed by atoms with Crippen molar-refractivity contribution < 1.29 is 5.11 Å². The monoisotopic (exact) mass is 287 g/mol. The third kappa shape index (κ3) is 2.85. The van der Waals surface area contributed by atoms with Gasteiger partial charge in [-0.2, -0.15) is 4.98 Å². The second-order valence-electron chi connectivity index (χ2n) is 5.54. The molecular weight excluding hydrogens is 266 g/mol. The SMILES string of the molecule is CNC1CCN(c2n[nH]c(-c3ccc(C)c(O)c3)n2)CC1. The first-order valence-electron chi connectivity index (χ1n) is 7.32. The Kier molecular flexibility index (Phi) is 3.79. The lowest BCUT2D eigenvalue weighted by molar-refractivity contribution is 0.439. The minimum Gasteiger partial charge on any atom is -0.508 e. The molecule has 1 aromatic heterocycles. The summed E-state index contributed by atoms with van der Waals surface area (Å²) in [5.74, 6) is 1.70. The van der Waals surface area contributed by atoms with E-state index in [0.29, 0.717) is 11.9 Å². The summed E-state index contributed by atoms with van der Waals surface area (Å²) >= 11 is 0. The number of aromatic hydroxyl groups is 1. The van der Waals surface area contributed by atoms with E-state index in [1.165, 1.54) is 0 Å². The maximum absolute atomic E-state index is 9.79. The van der Waals surface area contributed by atoms with E-state index in [1.54, 1.807) is 6.07 Å². The van der Waals surface area contributed by atoms with Crippen LogP contribution in [0.2, 0.25) is 0 Å². The molecule has 1 aromatic carbocycles. The molecule has 2 heterocycles. The maximum Gasteiger partial charge on any atom is 0.245 e. The van der Waals surface area contributed by atoms with Crippen LogP contribution in [0, 0.1) is 6.92 Å². The van der Waals surface area contributed by atoms with Crippen LogP contribution < -0.4 is 10.2 Å². The summed E-state index contributed by atoms with van der Waals surface area (Å²) in [4.78, 5) is 6.75. The lowest BCUT2D eigenvalue weighted by Gasteiger charge is -2.30. The molecule has 0 aliphatic carbocycles. The molecule has 112 valence electrons. The van der Waals surface area contributed by atoms with E-state index in [2.05, 4.69) is 25.4 Å². The summed E-state index contributed by atoms with van der Waals surface area (Å²) < 4.78 is 0. The Hall–Kier alpha value is -2.08. The van der Waals surface area contributed by atoms with Crippen LogP contribution in [0.15, 0.2) is 18.2 Å². The molecule has 0 saturated carbocycles. The molecule has 6 heteroatoms. The highest BCUT2D eigenvalue weighted by Crippen LogP contribution is 2.25. The molecule has 2 aromatic rings. The minimum atomic E-state index is 0.278. The fraction of sp³-hybridized carbons (Fsp3) is 0.467. The molecule has 0 unspecified atom stereocenters. The van der Waals surface area contributed by atoms with Crippen molar-refractivity contribution in [1.82, 2.24) is 20.5 Å². The fourth-order valence-corrected chi connectivity index (χ4v) is 2.65. The molecule has 3 rings (SSSR count). The van der Waals surface area contributed by atoms with Gasteiger partial charge in [0, 0.05) is 24.7 Å². The average molecular weight is 287 g/mol. The van der Waals surface area contributed by atoms with Gasteiger partial charge in [-0.3, -0.25) is 5.10 Å². The van der Waals surface area contributed by atoms with E-state index in [-0.39, 0.29) is 5.75 Å². The number of hydrogen-bond donors (Lipinski definition) is 3. The number of aromatic nitrogens is 3. The van der Waals surface area contributed by atoms with Gasteiger partial charge in [0.15, 0.2) is 5.82 Å². The zero-order chi connectivity index (χ0) is 14.8. The lowest BCUT2D eigenvalue weighted by Crippen LogP contribution is -2.41. The van der Waals surface area contributed by atoms with Crippen LogP contribution in [-0.4, -0.2) is 46.5 Å². The van der Waals surface area contributed by atoms with Crippen molar-refractivity contribution in [3.05, 3.63) is 23.8 Å². The van der Waals surface area contributed by atoms with Crippen LogP contribution in [-0.2, 0) is 0 Å². The normalized spacial score (nSPS) is 16.4. The number of piperidine rings is 1. The molecule has 0 radical (unpaired) electrons. The highest BCUT2D eigenvalue weighted by molar-refractivity contribution is 5.60. The first kappa shape index (κ1) is 13.9. The number of phenolic OH excluding ortho intramolecular Hbond substituents is 1. The number of nitrogens with zero attached hydrogens (tertiary/aromatic N) is 3. The van der Waals surface area contributed by atoms with Crippen LogP contribution >= 0.6 is 0 Å². The first-order chi connectivity index (χ1) is 10.2. The number of rotatable bonds is 3. The van der Waals surface area contributed by atoms with Crippen LogP contribution in [0.25, 0.3) is 11.4 Å². The number of hydrogen-bond acceptors (Lipinski definition) is 5. The van der Waals surface area contributed by atoms with Crippen molar-refractivity contribution in [2.75, 3.05) is 25.0 Å². The van der Waals surface area contributed by atoms with E-state index in [0.717, 1.165) is 43.0 Å². The second-order valence-corrected chi connectivity index (χ2v) is 5.54. The predicted octanol–water partition coefficient (Wildman–Crippen LogP) is 1.67. The molecule has 3 N–H and O–H groups in total. The Morgan fingerprint density at radius 2 is 2.10 bits per heavy atom. The van der Waals surface area contributed by atoms with Crippen LogP contribution in [0.1, 0.15) is 18.4 Å². The van der Waals surface area contributed by atoms with Gasteiger partial charge in [-0.25, -0.2) is 0 Å². The molecule has 1 aliphatic heterocycles. The van der Waals surface area contributed by atoms with E-state index in [4.69, 9.17) is 0 Å². The highest BCUT2D eigenvalue weighted by atomic mass is 16.3. The molecule has 1 fully saturated rings. The van der Waals surface area contributed by atoms with Gasteiger partial charge in [0.2, 0.25) is 5.95 Å². The zero-order valence-corrected chi connectivity index (χ0v) is 12.4. The van der Waals surface area contributed by atoms with Gasteiger partial charge >= 0.3 is 0 Å². The maximum atomic E-state index is 9.79. The summed E-state index contributed by atoms with van der Waals surface area (Å²) in [5.41, 5.74) is 1.70. The largest absolute Gasteiger partial charge is 0.508 e. The van der Waals surface area contributed by atoms with Crippen LogP contribution in [0.3, 0.4) is 0 Å². The van der Waals surface area contributed by atoms with Gasteiger partial charge in [-0.1, -0.05) is 12.1 Å².